The molecule has 6 nitrogen and oxygen atoms in total. The average Bonchev–Trinajstić information content (AvgIpc) is 2.69. The van der Waals surface area contributed by atoms with Crippen LogP contribution in [0.2, 0.25) is 6.04 Å². The molecular weight excluding hydrogens is 466 g/mol. The number of rotatable bonds is 19. The first-order chi connectivity index (χ1) is 13.7. The molecule has 0 spiro atoms. The minimum atomic E-state index is -2.37. The number of ether oxygens (including phenoxy) is 1. The zero-order valence-corrected chi connectivity index (χ0v) is 22.9. The van der Waals surface area contributed by atoms with Gasteiger partial charge in [0.1, 0.15) is 13.2 Å². The van der Waals surface area contributed by atoms with Crippen molar-refractivity contribution in [2.75, 3.05) is 55.1 Å². The highest BCUT2D eigenvalue weighted by molar-refractivity contribution is 6.60. The van der Waals surface area contributed by atoms with Gasteiger partial charge in [0.15, 0.2) is 0 Å². The number of unbranched alkanes of at least 4 members (excludes halogenated alkanes) is 8. The van der Waals surface area contributed by atoms with Crippen LogP contribution in [0.1, 0.15) is 64.7 Å². The van der Waals surface area contributed by atoms with Crippen LogP contribution in [0.4, 0.5) is 0 Å². The normalized spacial score (nSPS) is 11.8. The SMILES string of the molecule is C=C(C)C(=O)OCC[N+](C)(C)CCCCCCCCCCC[Si](OC)(OC)OC.[Br-]. The third-order valence-corrected chi connectivity index (χ3v) is 8.29. The summed E-state index contributed by atoms with van der Waals surface area (Å²) in [5.74, 6) is -0.289. The van der Waals surface area contributed by atoms with Crippen LogP contribution in [0, 0.1) is 0 Å². The van der Waals surface area contributed by atoms with E-state index < -0.39 is 8.80 Å². The highest BCUT2D eigenvalue weighted by atomic mass is 79.9. The number of carbonyl (C=O) groups is 1. The summed E-state index contributed by atoms with van der Waals surface area (Å²) in [6, 6.07) is 0.900. The van der Waals surface area contributed by atoms with Crippen molar-refractivity contribution in [1.82, 2.24) is 0 Å². The molecule has 30 heavy (non-hydrogen) atoms. The van der Waals surface area contributed by atoms with E-state index in [0.717, 1.165) is 30.0 Å². The number of hydrogen-bond donors (Lipinski definition) is 0. The van der Waals surface area contributed by atoms with E-state index in [1.807, 2.05) is 0 Å². The Hall–Kier alpha value is -0.253. The van der Waals surface area contributed by atoms with Gasteiger partial charge in [0, 0.05) is 32.9 Å². The minimum absolute atomic E-state index is 0. The van der Waals surface area contributed by atoms with Crippen molar-refractivity contribution in [2.24, 2.45) is 0 Å². The highest BCUT2D eigenvalue weighted by Crippen LogP contribution is 2.18. The number of nitrogens with zero attached hydrogens (tertiary/aromatic N) is 1. The summed E-state index contributed by atoms with van der Waals surface area (Å²) in [4.78, 5) is 11.4. The Morgan fingerprint density at radius 2 is 1.23 bits per heavy atom. The van der Waals surface area contributed by atoms with Crippen LogP contribution in [0.15, 0.2) is 12.2 Å². The van der Waals surface area contributed by atoms with Crippen LogP contribution in [0.5, 0.6) is 0 Å². The fourth-order valence-corrected chi connectivity index (χ4v) is 5.09. The van der Waals surface area contributed by atoms with Crippen molar-refractivity contribution in [1.29, 1.82) is 0 Å². The molecular formula is C22H46BrNO5Si. The Morgan fingerprint density at radius 3 is 1.67 bits per heavy atom. The Morgan fingerprint density at radius 1 is 0.800 bits per heavy atom. The molecule has 0 heterocycles. The Labute approximate surface area is 197 Å². The third kappa shape index (κ3) is 15.5. The van der Waals surface area contributed by atoms with Gasteiger partial charge in [0.25, 0.3) is 0 Å². The molecule has 0 radical (unpaired) electrons. The molecule has 0 saturated heterocycles. The van der Waals surface area contributed by atoms with Crippen molar-refractivity contribution in [3.8, 4) is 0 Å². The van der Waals surface area contributed by atoms with E-state index in [-0.39, 0.29) is 23.0 Å². The van der Waals surface area contributed by atoms with E-state index in [9.17, 15) is 4.79 Å². The maximum Gasteiger partial charge on any atom is 0.500 e. The summed E-state index contributed by atoms with van der Waals surface area (Å²) in [5.41, 5.74) is 0.463. The topological polar surface area (TPSA) is 54.0 Å². The van der Waals surface area contributed by atoms with Crippen molar-refractivity contribution < 1.29 is 44.3 Å². The lowest BCUT2D eigenvalue weighted by Gasteiger charge is -2.29. The van der Waals surface area contributed by atoms with E-state index in [1.165, 1.54) is 51.4 Å². The van der Waals surface area contributed by atoms with E-state index in [2.05, 4.69) is 20.7 Å². The molecule has 0 atom stereocenters. The molecule has 0 bridgehead atoms. The Balaban J connectivity index is 0. The smallest absolute Gasteiger partial charge is 0.500 e. The maximum absolute atomic E-state index is 11.4. The molecule has 0 aliphatic carbocycles. The van der Waals surface area contributed by atoms with Gasteiger partial charge >= 0.3 is 14.8 Å². The van der Waals surface area contributed by atoms with E-state index in [1.54, 1.807) is 28.3 Å². The van der Waals surface area contributed by atoms with Crippen LogP contribution in [-0.2, 0) is 22.8 Å². The van der Waals surface area contributed by atoms with Gasteiger partial charge in [0.05, 0.1) is 20.6 Å². The van der Waals surface area contributed by atoms with E-state index >= 15 is 0 Å². The van der Waals surface area contributed by atoms with E-state index in [4.69, 9.17) is 18.0 Å². The highest BCUT2D eigenvalue weighted by Gasteiger charge is 2.36. The summed E-state index contributed by atoms with van der Waals surface area (Å²) in [5, 5.41) is 0. The van der Waals surface area contributed by atoms with Gasteiger partial charge in [0.2, 0.25) is 0 Å². The van der Waals surface area contributed by atoms with Gasteiger partial charge in [-0.2, -0.15) is 0 Å². The first-order valence-electron chi connectivity index (χ1n) is 11.0. The van der Waals surface area contributed by atoms with Crippen molar-refractivity contribution >= 4 is 14.8 Å². The summed E-state index contributed by atoms with van der Waals surface area (Å²) in [6.45, 7) is 7.71. The molecule has 0 N–H and O–H groups in total. The van der Waals surface area contributed by atoms with Crippen LogP contribution >= 0.6 is 0 Å². The minimum Gasteiger partial charge on any atom is -1.00 e. The van der Waals surface area contributed by atoms with Crippen LogP contribution in [0.25, 0.3) is 0 Å². The Bertz CT molecular complexity index is 451. The summed E-state index contributed by atoms with van der Waals surface area (Å²) < 4.78 is 22.4. The zero-order chi connectivity index (χ0) is 22.2. The van der Waals surface area contributed by atoms with Crippen molar-refractivity contribution in [3.63, 3.8) is 0 Å². The standard InChI is InChI=1S/C22H46NO5Si.BrH/c1-21(2)22(24)28-19-18-23(3,4)17-15-13-11-9-8-10-12-14-16-20-29(25-5,26-6)27-7;/h1,8-20H2,2-7H3;1H/q+1;/p-1. The second-order valence-electron chi connectivity index (χ2n) is 8.53. The Kier molecular flexibility index (Phi) is 19.5. The largest absolute Gasteiger partial charge is 1.00 e. The summed E-state index contributed by atoms with van der Waals surface area (Å²) in [7, 11) is 7.06. The lowest BCUT2D eigenvalue weighted by molar-refractivity contribution is -0.890. The van der Waals surface area contributed by atoms with Gasteiger partial charge in [-0.05, 0) is 26.2 Å². The first kappa shape index (κ1) is 31.9. The molecule has 0 aliphatic heterocycles. The number of hydrogen-bond acceptors (Lipinski definition) is 5. The number of quaternary nitrogens is 1. The molecule has 0 unspecified atom stereocenters. The monoisotopic (exact) mass is 511 g/mol. The predicted octanol–water partition coefficient (Wildman–Crippen LogP) is 1.58. The summed E-state index contributed by atoms with van der Waals surface area (Å²) in [6.07, 6.45) is 11.3. The molecule has 0 rings (SSSR count). The lowest BCUT2D eigenvalue weighted by Crippen LogP contribution is -3.00. The molecule has 0 saturated carbocycles. The van der Waals surface area contributed by atoms with Gasteiger partial charge in [-0.3, -0.25) is 0 Å². The first-order valence-corrected chi connectivity index (χ1v) is 12.9. The molecule has 0 fully saturated rings. The van der Waals surface area contributed by atoms with Gasteiger partial charge in [-0.25, -0.2) is 4.79 Å². The van der Waals surface area contributed by atoms with Crippen LogP contribution in [-0.4, -0.2) is 74.4 Å². The van der Waals surface area contributed by atoms with E-state index in [0.29, 0.717) is 12.2 Å². The lowest BCUT2D eigenvalue weighted by atomic mass is 10.1. The fourth-order valence-electron chi connectivity index (χ4n) is 3.30. The molecule has 0 aromatic carbocycles. The van der Waals surface area contributed by atoms with Crippen molar-refractivity contribution in [3.05, 3.63) is 12.2 Å². The van der Waals surface area contributed by atoms with Gasteiger partial charge in [-0.15, -0.1) is 0 Å². The molecule has 0 aromatic rings. The molecule has 0 aromatic heterocycles. The third-order valence-electron chi connectivity index (χ3n) is 5.46. The number of halogens is 1. The number of likely N-dealkylation sites (N-methyl/N-ethyl adjacent to an activating group) is 1. The van der Waals surface area contributed by atoms with Crippen LogP contribution < -0.4 is 17.0 Å². The zero-order valence-electron chi connectivity index (χ0n) is 20.3. The molecule has 180 valence electrons. The van der Waals surface area contributed by atoms with Crippen LogP contribution in [0.3, 0.4) is 0 Å². The molecule has 8 heteroatoms. The number of esters is 1. The maximum atomic E-state index is 11.4. The average molecular weight is 513 g/mol. The second-order valence-corrected chi connectivity index (χ2v) is 11.6. The number of carbonyl (C=O) groups excluding carboxylic acids is 1. The van der Waals surface area contributed by atoms with Gasteiger partial charge in [-0.1, -0.05) is 45.1 Å². The molecule has 0 aliphatic rings. The van der Waals surface area contributed by atoms with Crippen molar-refractivity contribution in [2.45, 2.75) is 70.8 Å². The summed E-state index contributed by atoms with van der Waals surface area (Å²) >= 11 is 0. The predicted molar refractivity (Wildman–Crippen MR) is 121 cm³/mol. The van der Waals surface area contributed by atoms with Gasteiger partial charge < -0.3 is 39.5 Å². The molecule has 0 amide bonds. The second kappa shape index (κ2) is 18.3. The fraction of sp³-hybridized carbons (Fsp3) is 0.864. The quantitative estimate of drug-likeness (QED) is 0.0865.